The van der Waals surface area contributed by atoms with E-state index >= 15 is 0 Å². The van der Waals surface area contributed by atoms with Crippen molar-refractivity contribution in [1.82, 2.24) is 0 Å². The molecule has 2 aromatic carbocycles. The second kappa shape index (κ2) is 7.27. The Morgan fingerprint density at radius 1 is 1.15 bits per heavy atom. The zero-order valence-corrected chi connectivity index (χ0v) is 12.3. The number of ether oxygens (including phenoxy) is 2. The molecule has 3 heteroatoms. The van der Waals surface area contributed by atoms with E-state index in [0.717, 1.165) is 18.6 Å². The summed E-state index contributed by atoms with van der Waals surface area (Å²) in [6.07, 6.45) is 1.84. The summed E-state index contributed by atoms with van der Waals surface area (Å²) in [7, 11) is 1.71. The molecule has 2 rings (SSSR count). The third-order valence-corrected chi connectivity index (χ3v) is 3.45. The van der Waals surface area contributed by atoms with Crippen molar-refractivity contribution in [2.24, 2.45) is 5.73 Å². The Morgan fingerprint density at radius 3 is 2.70 bits per heavy atom. The molecule has 0 amide bonds. The average molecular weight is 273 g/mol. The van der Waals surface area contributed by atoms with Crippen LogP contribution in [0.2, 0.25) is 0 Å². The van der Waals surface area contributed by atoms with Crippen molar-refractivity contribution in [3.8, 4) is 5.75 Å². The third-order valence-electron chi connectivity index (χ3n) is 3.45. The summed E-state index contributed by atoms with van der Waals surface area (Å²) in [5.74, 6) is 0.942. The predicted molar refractivity (Wildman–Crippen MR) is 83.3 cm³/mol. The van der Waals surface area contributed by atoms with E-state index in [1.54, 1.807) is 7.11 Å². The van der Waals surface area contributed by atoms with Gasteiger partial charge in [0.05, 0.1) is 6.10 Å². The highest BCUT2D eigenvalue weighted by molar-refractivity contribution is 5.87. The van der Waals surface area contributed by atoms with E-state index in [9.17, 15) is 0 Å². The lowest BCUT2D eigenvalue weighted by molar-refractivity contribution is 0.134. The summed E-state index contributed by atoms with van der Waals surface area (Å²) in [4.78, 5) is 0. The molecule has 0 aliphatic rings. The first-order chi connectivity index (χ1) is 9.76. The van der Waals surface area contributed by atoms with Gasteiger partial charge in [-0.05, 0) is 36.7 Å². The molecule has 2 aromatic rings. The van der Waals surface area contributed by atoms with Crippen molar-refractivity contribution in [2.45, 2.75) is 25.9 Å². The molecule has 0 aliphatic heterocycles. The number of rotatable bonds is 7. The number of fused-ring (bicyclic) bond motifs is 1. The van der Waals surface area contributed by atoms with Crippen LogP contribution in [0.15, 0.2) is 36.4 Å². The molecule has 0 bridgehead atoms. The number of nitrogens with two attached hydrogens (primary N) is 1. The maximum Gasteiger partial charge on any atom is 0.123 e. The first kappa shape index (κ1) is 14.8. The lowest BCUT2D eigenvalue weighted by Gasteiger charge is -2.18. The van der Waals surface area contributed by atoms with Crippen molar-refractivity contribution in [3.63, 3.8) is 0 Å². The summed E-state index contributed by atoms with van der Waals surface area (Å²) < 4.78 is 11.2. The van der Waals surface area contributed by atoms with Crippen LogP contribution in [-0.2, 0) is 11.2 Å². The van der Waals surface area contributed by atoms with Crippen LogP contribution in [0.4, 0.5) is 0 Å². The van der Waals surface area contributed by atoms with Gasteiger partial charge in [-0.3, -0.25) is 0 Å². The lowest BCUT2D eigenvalue weighted by Crippen LogP contribution is -2.16. The minimum atomic E-state index is 0.132. The molecule has 108 valence electrons. The molecule has 0 fully saturated rings. The van der Waals surface area contributed by atoms with Gasteiger partial charge in [0.1, 0.15) is 5.75 Å². The fourth-order valence-electron chi connectivity index (χ4n) is 2.39. The van der Waals surface area contributed by atoms with Crippen molar-refractivity contribution in [2.75, 3.05) is 20.3 Å². The second-order valence-electron chi connectivity index (χ2n) is 5.01. The van der Waals surface area contributed by atoms with Crippen molar-refractivity contribution >= 4 is 10.8 Å². The molecule has 0 heterocycles. The van der Waals surface area contributed by atoms with E-state index in [1.165, 1.54) is 16.3 Å². The summed E-state index contributed by atoms with van der Waals surface area (Å²) >= 11 is 0. The highest BCUT2D eigenvalue weighted by atomic mass is 16.5. The van der Waals surface area contributed by atoms with E-state index in [4.69, 9.17) is 15.2 Å². The average Bonchev–Trinajstić information content (AvgIpc) is 2.47. The van der Waals surface area contributed by atoms with Crippen LogP contribution in [0.3, 0.4) is 0 Å². The van der Waals surface area contributed by atoms with E-state index in [2.05, 4.69) is 43.3 Å². The molecule has 1 unspecified atom stereocenters. The zero-order chi connectivity index (χ0) is 14.4. The van der Waals surface area contributed by atoms with Gasteiger partial charge in [-0.25, -0.2) is 0 Å². The quantitative estimate of drug-likeness (QED) is 0.843. The van der Waals surface area contributed by atoms with Gasteiger partial charge >= 0.3 is 0 Å². The van der Waals surface area contributed by atoms with Crippen LogP contribution in [0.25, 0.3) is 10.8 Å². The standard InChI is InChI=1S/C17H23NO2/c1-13(10-12-19-2)20-17-8-7-14-5-3-4-6-15(14)16(17)9-11-18/h3-8,13H,9-12,18H2,1-2H3. The van der Waals surface area contributed by atoms with E-state index in [1.807, 2.05) is 0 Å². The maximum atomic E-state index is 6.07. The minimum Gasteiger partial charge on any atom is -0.490 e. The van der Waals surface area contributed by atoms with Gasteiger partial charge in [0.15, 0.2) is 0 Å². The van der Waals surface area contributed by atoms with E-state index < -0.39 is 0 Å². The molecule has 3 nitrogen and oxygen atoms in total. The van der Waals surface area contributed by atoms with Gasteiger partial charge in [0.25, 0.3) is 0 Å². The van der Waals surface area contributed by atoms with Crippen LogP contribution >= 0.6 is 0 Å². The van der Waals surface area contributed by atoms with E-state index in [0.29, 0.717) is 13.2 Å². The fourth-order valence-corrected chi connectivity index (χ4v) is 2.39. The Hall–Kier alpha value is -1.58. The maximum absolute atomic E-state index is 6.07. The van der Waals surface area contributed by atoms with Gasteiger partial charge in [-0.15, -0.1) is 0 Å². The van der Waals surface area contributed by atoms with Gasteiger partial charge in [0, 0.05) is 25.7 Å². The molecule has 0 radical (unpaired) electrons. The summed E-state index contributed by atoms with van der Waals surface area (Å²) in [5.41, 5.74) is 6.96. The third kappa shape index (κ3) is 3.50. The topological polar surface area (TPSA) is 44.5 Å². The largest absolute Gasteiger partial charge is 0.490 e. The smallest absolute Gasteiger partial charge is 0.123 e. The van der Waals surface area contributed by atoms with Crippen LogP contribution in [0.1, 0.15) is 18.9 Å². The van der Waals surface area contributed by atoms with Crippen molar-refractivity contribution < 1.29 is 9.47 Å². The molecule has 0 spiro atoms. The highest BCUT2D eigenvalue weighted by Gasteiger charge is 2.11. The molecule has 0 aliphatic carbocycles. The molecule has 20 heavy (non-hydrogen) atoms. The van der Waals surface area contributed by atoms with Crippen molar-refractivity contribution in [3.05, 3.63) is 42.0 Å². The lowest BCUT2D eigenvalue weighted by atomic mass is 10.0. The Morgan fingerprint density at radius 2 is 1.95 bits per heavy atom. The Kier molecular flexibility index (Phi) is 5.39. The monoisotopic (exact) mass is 273 g/mol. The molecule has 0 saturated heterocycles. The van der Waals surface area contributed by atoms with Gasteiger partial charge in [-0.2, -0.15) is 0 Å². The van der Waals surface area contributed by atoms with Crippen LogP contribution in [0, 0.1) is 0 Å². The summed E-state index contributed by atoms with van der Waals surface area (Å²) in [6.45, 7) is 3.40. The van der Waals surface area contributed by atoms with Crippen LogP contribution in [-0.4, -0.2) is 26.4 Å². The number of methoxy groups -OCH3 is 1. The fraction of sp³-hybridized carbons (Fsp3) is 0.412. The van der Waals surface area contributed by atoms with Crippen LogP contribution in [0.5, 0.6) is 5.75 Å². The first-order valence-electron chi connectivity index (χ1n) is 7.12. The van der Waals surface area contributed by atoms with Gasteiger partial charge in [-0.1, -0.05) is 30.3 Å². The van der Waals surface area contributed by atoms with Crippen LogP contribution < -0.4 is 10.5 Å². The summed E-state index contributed by atoms with van der Waals surface area (Å²) in [6, 6.07) is 12.5. The number of hydrogen-bond acceptors (Lipinski definition) is 3. The van der Waals surface area contributed by atoms with Gasteiger partial charge < -0.3 is 15.2 Å². The Balaban J connectivity index is 2.29. The highest BCUT2D eigenvalue weighted by Crippen LogP contribution is 2.29. The molecular formula is C17H23NO2. The van der Waals surface area contributed by atoms with Gasteiger partial charge in [0.2, 0.25) is 0 Å². The summed E-state index contributed by atoms with van der Waals surface area (Å²) in [5, 5.41) is 2.46. The second-order valence-corrected chi connectivity index (χ2v) is 5.01. The molecule has 0 aromatic heterocycles. The first-order valence-corrected chi connectivity index (χ1v) is 7.12. The molecule has 0 saturated carbocycles. The number of hydrogen-bond donors (Lipinski definition) is 1. The Labute approximate surface area is 120 Å². The predicted octanol–water partition coefficient (Wildman–Crippen LogP) is 3.14. The molecular weight excluding hydrogens is 250 g/mol. The molecule has 1 atom stereocenters. The molecule has 2 N–H and O–H groups in total. The van der Waals surface area contributed by atoms with Crippen molar-refractivity contribution in [1.29, 1.82) is 0 Å². The zero-order valence-electron chi connectivity index (χ0n) is 12.3. The normalized spacial score (nSPS) is 12.6. The minimum absolute atomic E-state index is 0.132. The SMILES string of the molecule is COCCC(C)Oc1ccc2ccccc2c1CCN. The Bertz CT molecular complexity index is 554. The van der Waals surface area contributed by atoms with E-state index in [-0.39, 0.29) is 6.10 Å². The number of benzene rings is 2.